The Morgan fingerprint density at radius 3 is 2.81 bits per heavy atom. The lowest BCUT2D eigenvalue weighted by molar-refractivity contribution is -0.121. The lowest BCUT2D eigenvalue weighted by atomic mass is 10.2. The molecule has 1 aromatic carbocycles. The van der Waals surface area contributed by atoms with Crippen LogP contribution in [0, 0.1) is 0 Å². The lowest BCUT2D eigenvalue weighted by Gasteiger charge is -2.22. The van der Waals surface area contributed by atoms with Crippen LogP contribution < -0.4 is 20.1 Å². The topological polar surface area (TPSA) is 59.6 Å². The zero-order valence-electron chi connectivity index (χ0n) is 12.3. The minimum absolute atomic E-state index is 0.0772. The number of thioether (sulfide) groups is 1. The standard InChI is InChI=1S/C15H22N2O3S/c1-19-13-2-4-14(5-3-13)20-8-6-17-15(18)10-12-11-21-9-7-16-12/h2-5,12,16H,6-11H2,1H3,(H,17,18). The van der Waals surface area contributed by atoms with Crippen molar-refractivity contribution < 1.29 is 14.3 Å². The molecule has 0 radical (unpaired) electrons. The normalized spacial score (nSPS) is 18.0. The van der Waals surface area contributed by atoms with Gasteiger partial charge in [-0.2, -0.15) is 11.8 Å². The van der Waals surface area contributed by atoms with Crippen molar-refractivity contribution >= 4 is 17.7 Å². The molecule has 1 aliphatic heterocycles. The van der Waals surface area contributed by atoms with Gasteiger partial charge in [-0.3, -0.25) is 4.79 Å². The predicted octanol–water partition coefficient (Wildman–Crippen LogP) is 1.29. The van der Waals surface area contributed by atoms with Gasteiger partial charge >= 0.3 is 0 Å². The average Bonchev–Trinajstić information content (AvgIpc) is 2.53. The first-order valence-corrected chi connectivity index (χ1v) is 8.28. The Labute approximate surface area is 129 Å². The van der Waals surface area contributed by atoms with Crippen LogP contribution in [0.1, 0.15) is 6.42 Å². The van der Waals surface area contributed by atoms with Gasteiger partial charge < -0.3 is 20.1 Å². The molecular formula is C15H22N2O3S. The molecule has 0 bridgehead atoms. The summed E-state index contributed by atoms with van der Waals surface area (Å²) in [6, 6.07) is 7.69. The van der Waals surface area contributed by atoms with Crippen molar-refractivity contribution in [1.82, 2.24) is 10.6 Å². The molecule has 1 atom stereocenters. The highest BCUT2D eigenvalue weighted by molar-refractivity contribution is 7.99. The fourth-order valence-electron chi connectivity index (χ4n) is 2.08. The van der Waals surface area contributed by atoms with Crippen molar-refractivity contribution in [3.63, 3.8) is 0 Å². The molecule has 0 aromatic heterocycles. The number of hydrogen-bond donors (Lipinski definition) is 2. The van der Waals surface area contributed by atoms with Gasteiger partial charge in [-0.1, -0.05) is 0 Å². The lowest BCUT2D eigenvalue weighted by Crippen LogP contribution is -2.41. The van der Waals surface area contributed by atoms with Gasteiger partial charge in [0, 0.05) is 30.5 Å². The maximum Gasteiger partial charge on any atom is 0.221 e. The quantitative estimate of drug-likeness (QED) is 0.743. The van der Waals surface area contributed by atoms with Crippen LogP contribution in [-0.2, 0) is 4.79 Å². The van der Waals surface area contributed by atoms with Crippen molar-refractivity contribution in [2.75, 3.05) is 38.3 Å². The molecule has 0 saturated carbocycles. The number of methoxy groups -OCH3 is 1. The largest absolute Gasteiger partial charge is 0.497 e. The maximum absolute atomic E-state index is 11.8. The number of rotatable bonds is 7. The summed E-state index contributed by atoms with van der Waals surface area (Å²) >= 11 is 1.90. The molecule has 116 valence electrons. The van der Waals surface area contributed by atoms with E-state index in [-0.39, 0.29) is 5.91 Å². The van der Waals surface area contributed by atoms with E-state index >= 15 is 0 Å². The van der Waals surface area contributed by atoms with Gasteiger partial charge in [0.05, 0.1) is 13.7 Å². The molecule has 1 heterocycles. The van der Waals surface area contributed by atoms with Crippen molar-refractivity contribution in [2.24, 2.45) is 0 Å². The summed E-state index contributed by atoms with van der Waals surface area (Å²) in [5.41, 5.74) is 0. The van der Waals surface area contributed by atoms with Crippen LogP contribution in [0.25, 0.3) is 0 Å². The first-order valence-electron chi connectivity index (χ1n) is 7.12. The summed E-state index contributed by atoms with van der Waals surface area (Å²) < 4.78 is 10.6. The Hall–Kier alpha value is -1.40. The number of amides is 1. The second-order valence-corrected chi connectivity index (χ2v) is 5.95. The van der Waals surface area contributed by atoms with Crippen LogP contribution in [0.4, 0.5) is 0 Å². The van der Waals surface area contributed by atoms with E-state index in [0.717, 1.165) is 29.5 Å². The summed E-state index contributed by atoms with van der Waals surface area (Å²) in [7, 11) is 1.63. The average molecular weight is 310 g/mol. The predicted molar refractivity (Wildman–Crippen MR) is 85.2 cm³/mol. The van der Waals surface area contributed by atoms with E-state index in [4.69, 9.17) is 9.47 Å². The summed E-state index contributed by atoms with van der Waals surface area (Å²) in [6.45, 7) is 1.97. The first kappa shape index (κ1) is 16.0. The van der Waals surface area contributed by atoms with E-state index in [9.17, 15) is 4.79 Å². The Morgan fingerprint density at radius 2 is 2.14 bits per heavy atom. The molecule has 1 aliphatic rings. The molecule has 1 aromatic rings. The molecule has 1 amide bonds. The number of ether oxygens (including phenoxy) is 2. The minimum Gasteiger partial charge on any atom is -0.497 e. The van der Waals surface area contributed by atoms with Crippen molar-refractivity contribution in [2.45, 2.75) is 12.5 Å². The molecule has 1 fully saturated rings. The Kier molecular flexibility index (Phi) is 6.69. The highest BCUT2D eigenvalue weighted by Gasteiger charge is 2.16. The molecule has 1 unspecified atom stereocenters. The fourth-order valence-corrected chi connectivity index (χ4v) is 3.03. The smallest absolute Gasteiger partial charge is 0.221 e. The van der Waals surface area contributed by atoms with Gasteiger partial charge in [0.2, 0.25) is 5.91 Å². The van der Waals surface area contributed by atoms with E-state index in [2.05, 4.69) is 10.6 Å². The van der Waals surface area contributed by atoms with E-state index in [0.29, 0.717) is 25.6 Å². The number of benzene rings is 1. The third-order valence-corrected chi connectivity index (χ3v) is 4.31. The number of carbonyl (C=O) groups is 1. The second-order valence-electron chi connectivity index (χ2n) is 4.80. The van der Waals surface area contributed by atoms with Gasteiger partial charge in [0.15, 0.2) is 0 Å². The van der Waals surface area contributed by atoms with Crippen molar-refractivity contribution in [3.8, 4) is 11.5 Å². The zero-order chi connectivity index (χ0) is 14.9. The van der Waals surface area contributed by atoms with Crippen LogP contribution in [0.5, 0.6) is 11.5 Å². The molecule has 1 saturated heterocycles. The fraction of sp³-hybridized carbons (Fsp3) is 0.533. The molecule has 2 rings (SSSR count). The number of carbonyl (C=O) groups excluding carboxylic acids is 1. The molecule has 6 heteroatoms. The van der Waals surface area contributed by atoms with Gasteiger partial charge in [-0.05, 0) is 24.3 Å². The van der Waals surface area contributed by atoms with Crippen LogP contribution >= 0.6 is 11.8 Å². The molecule has 0 aliphatic carbocycles. The van der Waals surface area contributed by atoms with E-state index in [1.165, 1.54) is 0 Å². The van der Waals surface area contributed by atoms with Gasteiger partial charge in [0.25, 0.3) is 0 Å². The summed E-state index contributed by atoms with van der Waals surface area (Å²) in [5, 5.41) is 6.24. The maximum atomic E-state index is 11.8. The molecule has 5 nitrogen and oxygen atoms in total. The summed E-state index contributed by atoms with van der Waals surface area (Å²) in [6.07, 6.45) is 0.537. The van der Waals surface area contributed by atoms with Crippen molar-refractivity contribution in [1.29, 1.82) is 0 Å². The minimum atomic E-state index is 0.0772. The van der Waals surface area contributed by atoms with E-state index in [1.807, 2.05) is 36.0 Å². The molecule has 2 N–H and O–H groups in total. The van der Waals surface area contributed by atoms with Crippen LogP contribution in [0.2, 0.25) is 0 Å². The third-order valence-electron chi connectivity index (χ3n) is 3.18. The van der Waals surface area contributed by atoms with Crippen molar-refractivity contribution in [3.05, 3.63) is 24.3 Å². The highest BCUT2D eigenvalue weighted by atomic mass is 32.2. The van der Waals surface area contributed by atoms with Gasteiger partial charge in [-0.25, -0.2) is 0 Å². The SMILES string of the molecule is COc1ccc(OCCNC(=O)CC2CSCCN2)cc1. The second kappa shape index (κ2) is 8.79. The number of hydrogen-bond acceptors (Lipinski definition) is 5. The highest BCUT2D eigenvalue weighted by Crippen LogP contribution is 2.16. The van der Waals surface area contributed by atoms with Crippen LogP contribution in [0.15, 0.2) is 24.3 Å². The molecule has 21 heavy (non-hydrogen) atoms. The summed E-state index contributed by atoms with van der Waals surface area (Å²) in [4.78, 5) is 11.8. The Morgan fingerprint density at radius 1 is 1.38 bits per heavy atom. The van der Waals surface area contributed by atoms with Crippen LogP contribution in [-0.4, -0.2) is 50.3 Å². The van der Waals surface area contributed by atoms with Crippen LogP contribution in [0.3, 0.4) is 0 Å². The molecule has 0 spiro atoms. The first-order chi connectivity index (χ1) is 10.3. The van der Waals surface area contributed by atoms with E-state index in [1.54, 1.807) is 7.11 Å². The monoisotopic (exact) mass is 310 g/mol. The number of nitrogens with one attached hydrogen (secondary N) is 2. The van der Waals surface area contributed by atoms with E-state index < -0.39 is 0 Å². The summed E-state index contributed by atoms with van der Waals surface area (Å²) in [5.74, 6) is 3.79. The van der Waals surface area contributed by atoms with Gasteiger partial charge in [0.1, 0.15) is 18.1 Å². The third kappa shape index (κ3) is 5.85. The zero-order valence-corrected chi connectivity index (χ0v) is 13.1. The van der Waals surface area contributed by atoms with Gasteiger partial charge in [-0.15, -0.1) is 0 Å². The Balaban J connectivity index is 1.58. The Bertz CT molecular complexity index is 433. The molecular weight excluding hydrogens is 288 g/mol.